The van der Waals surface area contributed by atoms with Crippen molar-refractivity contribution >= 4 is 11.9 Å². The molecule has 0 bridgehead atoms. The Labute approximate surface area is 52.2 Å². The first-order valence-electron chi connectivity index (χ1n) is 2.33. The summed E-state index contributed by atoms with van der Waals surface area (Å²) in [6, 6.07) is -0.914. The molecule has 0 rings (SSSR count). The zero-order chi connectivity index (χ0) is 7.28. The van der Waals surface area contributed by atoms with Crippen LogP contribution >= 0.6 is 0 Å². The molecule has 0 saturated carbocycles. The molecule has 9 heavy (non-hydrogen) atoms. The summed E-state index contributed by atoms with van der Waals surface area (Å²) in [6.45, 7) is 0. The smallest absolute Gasteiger partial charge is 0.325 e. The Morgan fingerprint density at radius 1 is 1.89 bits per heavy atom. The molecule has 0 aromatic heterocycles. The Balaban J connectivity index is 3.98. The number of hydrogen-bond acceptors (Lipinski definition) is 3. The van der Waals surface area contributed by atoms with Gasteiger partial charge in [-0.2, -0.15) is 0 Å². The number of rotatable bonds is 3. The van der Waals surface area contributed by atoms with E-state index in [4.69, 9.17) is 5.11 Å². The van der Waals surface area contributed by atoms with Crippen molar-refractivity contribution in [3.8, 4) is 0 Å². The van der Waals surface area contributed by atoms with Gasteiger partial charge >= 0.3 is 5.97 Å². The van der Waals surface area contributed by atoms with Gasteiger partial charge in [0.05, 0.1) is 0 Å². The first-order valence-corrected chi connectivity index (χ1v) is 2.33. The molecule has 1 unspecified atom stereocenters. The fourth-order valence-corrected chi connectivity index (χ4v) is 0.346. The highest BCUT2D eigenvalue weighted by atomic mass is 16.4. The minimum atomic E-state index is -1.08. The van der Waals surface area contributed by atoms with Crippen LogP contribution in [0, 0.1) is 0 Å². The minimum absolute atomic E-state index is 0.905. The minimum Gasteiger partial charge on any atom is -0.480 e. The van der Waals surface area contributed by atoms with E-state index in [1.807, 2.05) is 0 Å². The zero-order valence-electron chi connectivity index (χ0n) is 4.92. The van der Waals surface area contributed by atoms with Gasteiger partial charge < -0.3 is 10.4 Å². The second-order valence-corrected chi connectivity index (χ2v) is 1.39. The van der Waals surface area contributed by atoms with Gasteiger partial charge in [-0.3, -0.25) is 4.79 Å². The van der Waals surface area contributed by atoms with Crippen LogP contribution in [-0.4, -0.2) is 30.1 Å². The number of nitrogens with one attached hydrogen (secondary N) is 1. The van der Waals surface area contributed by atoms with Crippen LogP contribution in [0.1, 0.15) is 0 Å². The molecule has 0 aromatic rings. The van der Waals surface area contributed by atoms with Gasteiger partial charge in [-0.05, 0) is 7.05 Å². The van der Waals surface area contributed by atoms with Crippen LogP contribution in [0.3, 0.4) is 0 Å². The lowest BCUT2D eigenvalue weighted by atomic mass is 10.3. The molecule has 0 aliphatic rings. The van der Waals surface area contributed by atoms with Gasteiger partial charge in [0, 0.05) is 6.08 Å². The van der Waals surface area contributed by atoms with Gasteiger partial charge in [0.2, 0.25) is 0 Å². The number of likely N-dealkylation sites (N-methyl/N-ethyl adjacent to an activating group) is 1. The van der Waals surface area contributed by atoms with Crippen LogP contribution in [0.15, 0.2) is 6.08 Å². The van der Waals surface area contributed by atoms with Gasteiger partial charge in [-0.25, -0.2) is 4.79 Å². The number of aliphatic carboxylic acids is 1. The molecule has 0 aromatic carbocycles. The largest absolute Gasteiger partial charge is 0.480 e. The predicted octanol–water partition coefficient (Wildman–Crippen LogP) is -0.953. The summed E-state index contributed by atoms with van der Waals surface area (Å²) in [7, 11) is 1.45. The molecule has 0 spiro atoms. The Bertz CT molecular complexity index is 146. The molecule has 0 aliphatic heterocycles. The zero-order valence-corrected chi connectivity index (χ0v) is 4.92. The first-order chi connectivity index (χ1) is 4.22. The lowest BCUT2D eigenvalue weighted by Gasteiger charge is -2.00. The number of carboxylic acids is 1. The van der Waals surface area contributed by atoms with E-state index in [9.17, 15) is 9.59 Å². The third-order valence-electron chi connectivity index (χ3n) is 0.812. The second kappa shape index (κ2) is 3.83. The molecule has 0 radical (unpaired) electrons. The lowest BCUT2D eigenvalue weighted by molar-refractivity contribution is -0.137. The maximum atomic E-state index is 10.0. The molecule has 0 saturated heterocycles. The summed E-state index contributed by atoms with van der Waals surface area (Å²) in [5.41, 5.74) is 0. The average Bonchev–Trinajstić information content (AvgIpc) is 1.82. The molecular formula is C5H7NO3. The summed E-state index contributed by atoms with van der Waals surface area (Å²) in [6.07, 6.45) is 0.905. The summed E-state index contributed by atoms with van der Waals surface area (Å²) in [5.74, 6) is 0.299. The van der Waals surface area contributed by atoms with Crippen LogP contribution in [0.25, 0.3) is 0 Å². The van der Waals surface area contributed by atoms with E-state index < -0.39 is 12.0 Å². The molecule has 0 amide bonds. The summed E-state index contributed by atoms with van der Waals surface area (Å²) >= 11 is 0. The normalized spacial score (nSPS) is 11.7. The van der Waals surface area contributed by atoms with Crippen LogP contribution in [-0.2, 0) is 9.59 Å². The fraction of sp³-hybridized carbons (Fsp3) is 0.400. The van der Waals surface area contributed by atoms with E-state index in [0.717, 1.165) is 6.08 Å². The predicted molar refractivity (Wildman–Crippen MR) is 30.7 cm³/mol. The standard InChI is InChI=1S/C5H7NO3/c1-6-4(2-3-7)5(8)9/h2,4,6H,1H3,(H,8,9). The van der Waals surface area contributed by atoms with E-state index in [0.29, 0.717) is 0 Å². The van der Waals surface area contributed by atoms with Crippen molar-refractivity contribution < 1.29 is 14.7 Å². The Morgan fingerprint density at radius 3 is 2.56 bits per heavy atom. The number of carbonyl (C=O) groups excluding carboxylic acids is 1. The Morgan fingerprint density at radius 2 is 2.44 bits per heavy atom. The summed E-state index contributed by atoms with van der Waals surface area (Å²) in [4.78, 5) is 19.6. The number of carbonyl (C=O) groups is 1. The van der Waals surface area contributed by atoms with Gasteiger partial charge in [-0.1, -0.05) is 0 Å². The number of hydrogen-bond donors (Lipinski definition) is 2. The third kappa shape index (κ3) is 2.64. The van der Waals surface area contributed by atoms with Crippen molar-refractivity contribution in [2.24, 2.45) is 0 Å². The molecule has 0 heterocycles. The first kappa shape index (κ1) is 7.88. The van der Waals surface area contributed by atoms with E-state index in [2.05, 4.69) is 5.32 Å². The third-order valence-corrected chi connectivity index (χ3v) is 0.812. The van der Waals surface area contributed by atoms with Crippen molar-refractivity contribution in [1.29, 1.82) is 0 Å². The second-order valence-electron chi connectivity index (χ2n) is 1.39. The topological polar surface area (TPSA) is 66.4 Å². The van der Waals surface area contributed by atoms with Crippen molar-refractivity contribution in [1.82, 2.24) is 5.32 Å². The summed E-state index contributed by atoms with van der Waals surface area (Å²) < 4.78 is 0. The maximum absolute atomic E-state index is 10.0. The summed E-state index contributed by atoms with van der Waals surface area (Å²) in [5, 5.41) is 10.6. The van der Waals surface area contributed by atoms with Gasteiger partial charge in [0.25, 0.3) is 0 Å². The lowest BCUT2D eigenvalue weighted by Crippen LogP contribution is -2.31. The molecule has 0 aliphatic carbocycles. The molecular weight excluding hydrogens is 122 g/mol. The molecule has 4 heteroatoms. The van der Waals surface area contributed by atoms with Gasteiger partial charge in [-0.15, -0.1) is 0 Å². The van der Waals surface area contributed by atoms with Crippen molar-refractivity contribution in [3.63, 3.8) is 0 Å². The molecule has 2 N–H and O–H groups in total. The average molecular weight is 129 g/mol. The Kier molecular flexibility index (Phi) is 3.35. The number of carboxylic acid groups (broad SMARTS) is 1. The van der Waals surface area contributed by atoms with Crippen molar-refractivity contribution in [2.45, 2.75) is 6.04 Å². The molecule has 50 valence electrons. The van der Waals surface area contributed by atoms with Crippen LogP contribution in [0.5, 0.6) is 0 Å². The van der Waals surface area contributed by atoms with E-state index in [-0.39, 0.29) is 0 Å². The van der Waals surface area contributed by atoms with E-state index >= 15 is 0 Å². The van der Waals surface area contributed by atoms with Gasteiger partial charge in [0.1, 0.15) is 12.0 Å². The van der Waals surface area contributed by atoms with E-state index in [1.54, 1.807) is 0 Å². The van der Waals surface area contributed by atoms with Crippen molar-refractivity contribution in [2.75, 3.05) is 7.05 Å². The molecule has 1 atom stereocenters. The molecule has 4 nitrogen and oxygen atoms in total. The monoisotopic (exact) mass is 129 g/mol. The molecule has 0 fully saturated rings. The highest BCUT2D eigenvalue weighted by Crippen LogP contribution is 1.79. The van der Waals surface area contributed by atoms with Crippen LogP contribution < -0.4 is 5.32 Å². The van der Waals surface area contributed by atoms with Crippen LogP contribution in [0.2, 0.25) is 0 Å². The highest BCUT2D eigenvalue weighted by Gasteiger charge is 2.09. The van der Waals surface area contributed by atoms with Crippen LogP contribution in [0.4, 0.5) is 0 Å². The SMILES string of the molecule is CNC(C=C=O)C(=O)O. The fourth-order valence-electron chi connectivity index (χ4n) is 0.346. The quantitative estimate of drug-likeness (QED) is 0.482. The Hall–Kier alpha value is -1.12. The van der Waals surface area contributed by atoms with Gasteiger partial charge in [0.15, 0.2) is 0 Å². The highest BCUT2D eigenvalue weighted by molar-refractivity contribution is 5.78. The maximum Gasteiger partial charge on any atom is 0.325 e. The van der Waals surface area contributed by atoms with Crippen molar-refractivity contribution in [3.05, 3.63) is 6.08 Å². The van der Waals surface area contributed by atoms with E-state index in [1.165, 1.54) is 13.0 Å².